The molecule has 2 aromatic rings. The molecule has 2 aromatic carbocycles. The van der Waals surface area contributed by atoms with Crippen LogP contribution in [-0.4, -0.2) is 20.2 Å². The lowest BCUT2D eigenvalue weighted by molar-refractivity contribution is 0.392. The molecular weight excluding hydrogens is 485 g/mol. The van der Waals surface area contributed by atoms with Crippen molar-refractivity contribution in [3.63, 3.8) is 0 Å². The molecule has 0 aromatic heterocycles. The van der Waals surface area contributed by atoms with Crippen LogP contribution in [-0.2, 0) is 11.8 Å². The highest BCUT2D eigenvalue weighted by Crippen LogP contribution is 2.37. The Morgan fingerprint density at radius 1 is 0.872 bits per heavy atom. The predicted octanol–water partition coefficient (Wildman–Crippen LogP) is 10.2. The van der Waals surface area contributed by atoms with Crippen molar-refractivity contribution in [2.75, 3.05) is 14.2 Å². The second kappa shape index (κ2) is 19.3. The van der Waals surface area contributed by atoms with Gasteiger partial charge in [-0.1, -0.05) is 95.4 Å². The van der Waals surface area contributed by atoms with E-state index >= 15 is 0 Å². The number of azo groups is 1. The van der Waals surface area contributed by atoms with Crippen LogP contribution in [0, 0.1) is 17.1 Å². The molecule has 0 fully saturated rings. The van der Waals surface area contributed by atoms with Crippen molar-refractivity contribution >= 4 is 0 Å². The first-order valence-electron chi connectivity index (χ1n) is 15.2. The van der Waals surface area contributed by atoms with Crippen molar-refractivity contribution < 1.29 is 9.13 Å². The van der Waals surface area contributed by atoms with Crippen molar-refractivity contribution in [2.24, 2.45) is 10.2 Å². The van der Waals surface area contributed by atoms with Crippen molar-refractivity contribution in [1.82, 2.24) is 0 Å². The zero-order valence-corrected chi connectivity index (χ0v) is 24.6. The lowest BCUT2D eigenvalue weighted by atomic mass is 9.73. The van der Waals surface area contributed by atoms with Crippen LogP contribution >= 0.6 is 0 Å². The van der Waals surface area contributed by atoms with Gasteiger partial charge in [-0.05, 0) is 73.9 Å². The maximum atomic E-state index is 13.6. The van der Waals surface area contributed by atoms with Crippen LogP contribution in [0.15, 0.2) is 58.8 Å². The standard InChI is InChI=1S/C34H50FN3O/c1-4-5-6-7-8-9-10-11-12-13-24-34(28-36,30-18-15-21-33(27-30)39-3)25-16-20-32(38-37-2)23-22-29-17-14-19-31(35)26-29/h14-15,17-19,21,26-27,32H,4-13,16,20,22-25H2,1-3H3/b38-37+. The highest BCUT2D eigenvalue weighted by molar-refractivity contribution is 5.38. The highest BCUT2D eigenvalue weighted by atomic mass is 19.1. The minimum absolute atomic E-state index is 0.0669. The van der Waals surface area contributed by atoms with Crippen LogP contribution < -0.4 is 4.74 Å². The van der Waals surface area contributed by atoms with Gasteiger partial charge in [0.15, 0.2) is 0 Å². The van der Waals surface area contributed by atoms with Crippen molar-refractivity contribution in [3.05, 3.63) is 65.5 Å². The molecule has 0 saturated carbocycles. The monoisotopic (exact) mass is 535 g/mol. The molecule has 0 bridgehead atoms. The van der Waals surface area contributed by atoms with Crippen molar-refractivity contribution in [3.8, 4) is 11.8 Å². The SMILES string of the molecule is CCCCCCCCCCCCC(C#N)(CCCC(CCc1cccc(F)c1)/N=N/C)c1cccc(OC)c1. The molecule has 0 amide bonds. The van der Waals surface area contributed by atoms with Gasteiger partial charge in [0.25, 0.3) is 0 Å². The van der Waals surface area contributed by atoms with Gasteiger partial charge in [-0.15, -0.1) is 0 Å². The summed E-state index contributed by atoms with van der Waals surface area (Å²) in [5, 5.41) is 19.0. The number of nitrogens with zero attached hydrogens (tertiary/aromatic N) is 3. The summed E-state index contributed by atoms with van der Waals surface area (Å²) >= 11 is 0. The summed E-state index contributed by atoms with van der Waals surface area (Å²) in [5.74, 6) is 0.591. The number of aryl methyl sites for hydroxylation is 1. The fraction of sp³-hybridized carbons (Fsp3) is 0.618. The van der Waals surface area contributed by atoms with Gasteiger partial charge in [0, 0.05) is 7.05 Å². The number of hydrogen-bond acceptors (Lipinski definition) is 4. The molecule has 5 heteroatoms. The largest absolute Gasteiger partial charge is 0.497 e. The molecular formula is C34H50FN3O. The smallest absolute Gasteiger partial charge is 0.123 e. The van der Waals surface area contributed by atoms with Gasteiger partial charge in [-0.25, -0.2) is 4.39 Å². The third-order valence-electron chi connectivity index (χ3n) is 7.87. The Morgan fingerprint density at radius 2 is 1.54 bits per heavy atom. The molecule has 39 heavy (non-hydrogen) atoms. The second-order valence-corrected chi connectivity index (χ2v) is 10.9. The van der Waals surface area contributed by atoms with E-state index in [-0.39, 0.29) is 11.9 Å². The molecule has 4 nitrogen and oxygen atoms in total. The van der Waals surface area contributed by atoms with Gasteiger partial charge < -0.3 is 4.74 Å². The quantitative estimate of drug-likeness (QED) is 0.118. The summed E-state index contributed by atoms with van der Waals surface area (Å²) in [7, 11) is 3.38. The summed E-state index contributed by atoms with van der Waals surface area (Å²) in [6.07, 6.45) is 17.8. The van der Waals surface area contributed by atoms with E-state index in [0.29, 0.717) is 0 Å². The Bertz CT molecular complexity index is 1000. The minimum atomic E-state index is -0.537. The van der Waals surface area contributed by atoms with Gasteiger partial charge in [-0.2, -0.15) is 15.5 Å². The number of rotatable bonds is 21. The van der Waals surface area contributed by atoms with E-state index in [4.69, 9.17) is 4.74 Å². The zero-order valence-electron chi connectivity index (χ0n) is 24.6. The Labute approximate surface area is 237 Å². The summed E-state index contributed by atoms with van der Waals surface area (Å²) < 4.78 is 19.1. The van der Waals surface area contributed by atoms with E-state index in [1.54, 1.807) is 26.3 Å². The predicted molar refractivity (Wildman–Crippen MR) is 160 cm³/mol. The number of unbranched alkanes of at least 4 members (excludes halogenated alkanes) is 9. The van der Waals surface area contributed by atoms with Crippen LogP contribution in [0.2, 0.25) is 0 Å². The van der Waals surface area contributed by atoms with Crippen molar-refractivity contribution in [2.45, 2.75) is 121 Å². The van der Waals surface area contributed by atoms with Crippen molar-refractivity contribution in [1.29, 1.82) is 5.26 Å². The first kappa shape index (κ1) is 32.5. The van der Waals surface area contributed by atoms with Crippen LogP contribution in [0.5, 0.6) is 5.75 Å². The number of hydrogen-bond donors (Lipinski definition) is 0. The van der Waals surface area contributed by atoms with Gasteiger partial charge in [0.1, 0.15) is 11.6 Å². The normalized spacial score (nSPS) is 13.7. The molecule has 0 spiro atoms. The molecule has 0 aliphatic rings. The first-order chi connectivity index (χ1) is 19.1. The Kier molecular flexibility index (Phi) is 16.1. The molecule has 0 N–H and O–H groups in total. The van der Waals surface area contributed by atoms with E-state index in [1.807, 2.05) is 24.3 Å². The van der Waals surface area contributed by atoms with Gasteiger partial charge >= 0.3 is 0 Å². The first-order valence-corrected chi connectivity index (χ1v) is 15.2. The maximum Gasteiger partial charge on any atom is 0.123 e. The van der Waals surface area contributed by atoms with Crippen LogP contribution in [0.1, 0.15) is 114 Å². The molecule has 2 rings (SSSR count). The van der Waals surface area contributed by atoms with E-state index in [0.717, 1.165) is 61.8 Å². The fourth-order valence-corrected chi connectivity index (χ4v) is 5.51. The summed E-state index contributed by atoms with van der Waals surface area (Å²) in [6.45, 7) is 2.26. The number of benzene rings is 2. The summed E-state index contributed by atoms with van der Waals surface area (Å²) in [6, 6.07) is 17.6. The average molecular weight is 536 g/mol. The fourth-order valence-electron chi connectivity index (χ4n) is 5.51. The van der Waals surface area contributed by atoms with Crippen LogP contribution in [0.25, 0.3) is 0 Å². The van der Waals surface area contributed by atoms with Gasteiger partial charge in [0.05, 0.1) is 24.6 Å². The van der Waals surface area contributed by atoms with Gasteiger partial charge in [0.2, 0.25) is 0 Å². The topological polar surface area (TPSA) is 57.7 Å². The molecule has 0 heterocycles. The third kappa shape index (κ3) is 12.3. The Balaban J connectivity index is 1.95. The number of nitriles is 1. The summed E-state index contributed by atoms with van der Waals surface area (Å²) in [4.78, 5) is 0. The Hall–Kier alpha value is -2.74. The maximum absolute atomic E-state index is 13.6. The third-order valence-corrected chi connectivity index (χ3v) is 7.87. The lowest BCUT2D eigenvalue weighted by Gasteiger charge is -2.28. The average Bonchev–Trinajstić information content (AvgIpc) is 2.96. The zero-order chi connectivity index (χ0) is 28.2. The number of ether oxygens (including phenoxy) is 1. The molecule has 0 saturated heterocycles. The number of halogens is 1. The minimum Gasteiger partial charge on any atom is -0.497 e. The molecule has 0 aliphatic heterocycles. The number of methoxy groups -OCH3 is 1. The second-order valence-electron chi connectivity index (χ2n) is 10.9. The highest BCUT2D eigenvalue weighted by Gasteiger charge is 2.32. The van der Waals surface area contributed by atoms with E-state index < -0.39 is 5.41 Å². The molecule has 2 unspecified atom stereocenters. The van der Waals surface area contributed by atoms with Crippen LogP contribution in [0.3, 0.4) is 0 Å². The Morgan fingerprint density at radius 3 is 2.18 bits per heavy atom. The van der Waals surface area contributed by atoms with Crippen LogP contribution in [0.4, 0.5) is 4.39 Å². The van der Waals surface area contributed by atoms with Gasteiger partial charge in [-0.3, -0.25) is 0 Å². The molecule has 0 radical (unpaired) electrons. The van der Waals surface area contributed by atoms with E-state index in [2.05, 4.69) is 29.3 Å². The summed E-state index contributed by atoms with van der Waals surface area (Å²) in [5.41, 5.74) is 1.49. The molecule has 214 valence electrons. The molecule has 0 aliphatic carbocycles. The van der Waals surface area contributed by atoms with E-state index in [9.17, 15) is 9.65 Å². The van der Waals surface area contributed by atoms with E-state index in [1.165, 1.54) is 63.9 Å². The molecule has 2 atom stereocenters. The lowest BCUT2D eigenvalue weighted by Crippen LogP contribution is -2.25.